The van der Waals surface area contributed by atoms with Gasteiger partial charge in [0.1, 0.15) is 6.04 Å². The summed E-state index contributed by atoms with van der Waals surface area (Å²) in [7, 11) is 1.81. The number of aryl methyl sites for hydroxylation is 2. The maximum atomic E-state index is 10.5. The molecule has 0 saturated heterocycles. The van der Waals surface area contributed by atoms with E-state index in [-0.39, 0.29) is 0 Å². The molecule has 1 atom stereocenters. The van der Waals surface area contributed by atoms with E-state index in [0.29, 0.717) is 16.5 Å². The second kappa shape index (κ2) is 5.56. The van der Waals surface area contributed by atoms with Crippen molar-refractivity contribution in [2.45, 2.75) is 18.7 Å². The topological polar surface area (TPSA) is 81.1 Å². The number of rotatable bonds is 5. The summed E-state index contributed by atoms with van der Waals surface area (Å²) in [5.74, 6) is -0.0210. The standard InChI is InChI=1S/C9H14ClN3O2S/c1-5-8(10)7(13(2)12-5)4-16-3-6(11)9(14)15/h6H,3-4,11H2,1-2H3,(H,14,15)/t6-/m0/s1. The zero-order valence-corrected chi connectivity index (χ0v) is 10.7. The zero-order chi connectivity index (χ0) is 12.3. The van der Waals surface area contributed by atoms with E-state index in [1.807, 2.05) is 14.0 Å². The number of nitrogens with two attached hydrogens (primary N) is 1. The van der Waals surface area contributed by atoms with Crippen LogP contribution in [0.3, 0.4) is 0 Å². The highest BCUT2D eigenvalue weighted by Crippen LogP contribution is 2.23. The third-order valence-corrected chi connectivity index (χ3v) is 3.68. The number of hydrogen-bond acceptors (Lipinski definition) is 4. The first-order chi connectivity index (χ1) is 7.43. The molecule has 0 saturated carbocycles. The van der Waals surface area contributed by atoms with Crippen LogP contribution in [0.1, 0.15) is 11.4 Å². The molecule has 1 aromatic heterocycles. The van der Waals surface area contributed by atoms with Gasteiger partial charge < -0.3 is 10.8 Å². The predicted octanol–water partition coefficient (Wildman–Crippen LogP) is 1.03. The average molecular weight is 264 g/mol. The van der Waals surface area contributed by atoms with E-state index in [2.05, 4.69) is 5.10 Å². The smallest absolute Gasteiger partial charge is 0.321 e. The molecule has 0 bridgehead atoms. The van der Waals surface area contributed by atoms with Crippen molar-refractivity contribution < 1.29 is 9.90 Å². The molecule has 1 heterocycles. The molecule has 0 unspecified atom stereocenters. The van der Waals surface area contributed by atoms with E-state index < -0.39 is 12.0 Å². The maximum Gasteiger partial charge on any atom is 0.321 e. The van der Waals surface area contributed by atoms with Gasteiger partial charge in [-0.2, -0.15) is 16.9 Å². The molecule has 7 heteroatoms. The molecule has 0 fully saturated rings. The van der Waals surface area contributed by atoms with E-state index in [1.165, 1.54) is 11.8 Å². The Kier molecular flexibility index (Phi) is 4.64. The Morgan fingerprint density at radius 1 is 1.75 bits per heavy atom. The molecule has 16 heavy (non-hydrogen) atoms. The van der Waals surface area contributed by atoms with E-state index >= 15 is 0 Å². The number of thioether (sulfide) groups is 1. The van der Waals surface area contributed by atoms with Crippen molar-refractivity contribution in [2.75, 3.05) is 5.75 Å². The van der Waals surface area contributed by atoms with Gasteiger partial charge in [0.05, 0.1) is 16.4 Å². The van der Waals surface area contributed by atoms with Gasteiger partial charge in [-0.25, -0.2) is 0 Å². The SMILES string of the molecule is Cc1nn(C)c(CSC[C@H](N)C(=O)O)c1Cl. The molecule has 0 amide bonds. The van der Waals surface area contributed by atoms with Gasteiger partial charge in [0, 0.05) is 18.6 Å². The summed E-state index contributed by atoms with van der Waals surface area (Å²) in [5, 5.41) is 13.4. The number of nitrogens with zero attached hydrogens (tertiary/aromatic N) is 2. The second-order valence-corrected chi connectivity index (χ2v) is 4.84. The molecule has 0 spiro atoms. The van der Waals surface area contributed by atoms with Crippen molar-refractivity contribution in [3.63, 3.8) is 0 Å². The molecule has 0 aliphatic rings. The molecular weight excluding hydrogens is 250 g/mol. The number of aromatic nitrogens is 2. The van der Waals surface area contributed by atoms with Crippen LogP contribution in [0.25, 0.3) is 0 Å². The summed E-state index contributed by atoms with van der Waals surface area (Å²) in [6.07, 6.45) is 0. The highest BCUT2D eigenvalue weighted by Gasteiger charge is 2.14. The molecular formula is C9H14ClN3O2S. The lowest BCUT2D eigenvalue weighted by atomic mass is 10.4. The Morgan fingerprint density at radius 2 is 2.38 bits per heavy atom. The molecule has 0 aliphatic heterocycles. The van der Waals surface area contributed by atoms with Gasteiger partial charge in [0.15, 0.2) is 0 Å². The first-order valence-corrected chi connectivity index (χ1v) is 6.20. The van der Waals surface area contributed by atoms with E-state index in [4.69, 9.17) is 22.4 Å². The van der Waals surface area contributed by atoms with Crippen LogP contribution in [0, 0.1) is 6.92 Å². The molecule has 0 aliphatic carbocycles. The highest BCUT2D eigenvalue weighted by molar-refractivity contribution is 7.98. The van der Waals surface area contributed by atoms with Crippen LogP contribution >= 0.6 is 23.4 Å². The molecule has 90 valence electrons. The van der Waals surface area contributed by atoms with Crippen LogP contribution in [0.4, 0.5) is 0 Å². The van der Waals surface area contributed by atoms with E-state index in [1.54, 1.807) is 4.68 Å². The quantitative estimate of drug-likeness (QED) is 0.829. The van der Waals surface area contributed by atoms with Crippen molar-refractivity contribution >= 4 is 29.3 Å². The summed E-state index contributed by atoms with van der Waals surface area (Å²) in [4.78, 5) is 10.5. The summed E-state index contributed by atoms with van der Waals surface area (Å²) in [5.41, 5.74) is 7.06. The van der Waals surface area contributed by atoms with Crippen LogP contribution in [0.2, 0.25) is 5.02 Å². The first kappa shape index (κ1) is 13.3. The number of halogens is 1. The fourth-order valence-corrected chi connectivity index (χ4v) is 2.54. The molecule has 1 aromatic rings. The minimum absolute atomic E-state index is 0.357. The third-order valence-electron chi connectivity index (χ3n) is 2.12. The Hall–Kier alpha value is -0.720. The number of carboxylic acid groups (broad SMARTS) is 1. The Morgan fingerprint density at radius 3 is 2.81 bits per heavy atom. The summed E-state index contributed by atoms with van der Waals surface area (Å²) in [6, 6.07) is -0.835. The Bertz CT molecular complexity index is 394. The predicted molar refractivity (Wildman–Crippen MR) is 64.7 cm³/mol. The summed E-state index contributed by atoms with van der Waals surface area (Å²) in [6.45, 7) is 1.83. The molecule has 0 aromatic carbocycles. The lowest BCUT2D eigenvalue weighted by molar-refractivity contribution is -0.137. The lowest BCUT2D eigenvalue weighted by Gasteiger charge is -2.06. The molecule has 3 N–H and O–H groups in total. The maximum absolute atomic E-state index is 10.5. The third kappa shape index (κ3) is 3.13. The summed E-state index contributed by atoms with van der Waals surface area (Å²) < 4.78 is 1.71. The number of carboxylic acids is 1. The van der Waals surface area contributed by atoms with Gasteiger partial charge in [-0.15, -0.1) is 0 Å². The van der Waals surface area contributed by atoms with Gasteiger partial charge in [-0.1, -0.05) is 11.6 Å². The molecule has 5 nitrogen and oxygen atoms in total. The van der Waals surface area contributed by atoms with Crippen LogP contribution in [0.15, 0.2) is 0 Å². The largest absolute Gasteiger partial charge is 0.480 e. The zero-order valence-electron chi connectivity index (χ0n) is 9.11. The van der Waals surface area contributed by atoms with Gasteiger partial charge in [0.2, 0.25) is 0 Å². The fraction of sp³-hybridized carbons (Fsp3) is 0.556. The summed E-state index contributed by atoms with van der Waals surface area (Å²) >= 11 is 7.48. The minimum atomic E-state index is -0.986. The van der Waals surface area contributed by atoms with Gasteiger partial charge >= 0.3 is 5.97 Å². The Labute approximate surface area is 103 Å². The molecule has 1 rings (SSSR count). The van der Waals surface area contributed by atoms with Crippen LogP contribution in [-0.4, -0.2) is 32.7 Å². The normalized spacial score (nSPS) is 12.8. The Balaban J connectivity index is 2.52. The van der Waals surface area contributed by atoms with Crippen LogP contribution in [-0.2, 0) is 17.6 Å². The van der Waals surface area contributed by atoms with E-state index in [9.17, 15) is 4.79 Å². The molecule has 0 radical (unpaired) electrons. The second-order valence-electron chi connectivity index (χ2n) is 3.43. The van der Waals surface area contributed by atoms with E-state index in [0.717, 1.165) is 11.4 Å². The number of hydrogen-bond donors (Lipinski definition) is 2. The number of carbonyl (C=O) groups is 1. The fourth-order valence-electron chi connectivity index (χ4n) is 1.19. The van der Waals surface area contributed by atoms with Crippen molar-refractivity contribution in [3.05, 3.63) is 16.4 Å². The van der Waals surface area contributed by atoms with Crippen molar-refractivity contribution in [1.29, 1.82) is 0 Å². The monoisotopic (exact) mass is 263 g/mol. The van der Waals surface area contributed by atoms with Crippen molar-refractivity contribution in [1.82, 2.24) is 9.78 Å². The first-order valence-electron chi connectivity index (χ1n) is 4.67. The van der Waals surface area contributed by atoms with Crippen LogP contribution < -0.4 is 5.73 Å². The highest BCUT2D eigenvalue weighted by atomic mass is 35.5. The van der Waals surface area contributed by atoms with Gasteiger partial charge in [0.25, 0.3) is 0 Å². The van der Waals surface area contributed by atoms with Gasteiger partial charge in [-0.3, -0.25) is 9.48 Å². The van der Waals surface area contributed by atoms with Gasteiger partial charge in [-0.05, 0) is 6.92 Å². The minimum Gasteiger partial charge on any atom is -0.480 e. The van der Waals surface area contributed by atoms with Crippen LogP contribution in [0.5, 0.6) is 0 Å². The number of aliphatic carboxylic acids is 1. The lowest BCUT2D eigenvalue weighted by Crippen LogP contribution is -2.32. The average Bonchev–Trinajstić information content (AvgIpc) is 2.44. The van der Waals surface area contributed by atoms with Crippen molar-refractivity contribution in [2.24, 2.45) is 12.8 Å². The van der Waals surface area contributed by atoms with Crippen molar-refractivity contribution in [3.8, 4) is 0 Å².